The Morgan fingerprint density at radius 2 is 2.00 bits per heavy atom. The molecule has 0 aliphatic heterocycles. The highest BCUT2D eigenvalue weighted by Crippen LogP contribution is 2.40. The Morgan fingerprint density at radius 1 is 1.28 bits per heavy atom. The summed E-state index contributed by atoms with van der Waals surface area (Å²) in [5.41, 5.74) is -0.0601. The quantitative estimate of drug-likeness (QED) is 0.759. The van der Waals surface area contributed by atoms with Crippen LogP contribution in [0.5, 0.6) is 0 Å². The third-order valence-electron chi connectivity index (χ3n) is 5.20. The van der Waals surface area contributed by atoms with Gasteiger partial charge in [-0.05, 0) is 51.6 Å². The molecule has 0 aromatic carbocycles. The molecule has 0 amide bonds. The second-order valence-electron chi connectivity index (χ2n) is 6.68. The van der Waals surface area contributed by atoms with E-state index in [4.69, 9.17) is 0 Å². The van der Waals surface area contributed by atoms with E-state index in [1.54, 1.807) is 0 Å². The van der Waals surface area contributed by atoms with E-state index in [0.29, 0.717) is 12.0 Å². The molecule has 2 N–H and O–H groups in total. The second-order valence-corrected chi connectivity index (χ2v) is 6.68. The van der Waals surface area contributed by atoms with Crippen molar-refractivity contribution in [1.82, 2.24) is 10.2 Å². The summed E-state index contributed by atoms with van der Waals surface area (Å²) >= 11 is 0. The summed E-state index contributed by atoms with van der Waals surface area (Å²) < 4.78 is 0. The van der Waals surface area contributed by atoms with Crippen LogP contribution in [0.15, 0.2) is 0 Å². The fraction of sp³-hybridized carbons (Fsp3) is 1.00. The maximum absolute atomic E-state index is 9.80. The van der Waals surface area contributed by atoms with Gasteiger partial charge in [-0.3, -0.25) is 0 Å². The summed E-state index contributed by atoms with van der Waals surface area (Å²) in [4.78, 5) is 2.50. The predicted molar refractivity (Wildman–Crippen MR) is 75.7 cm³/mol. The van der Waals surface area contributed by atoms with Crippen molar-refractivity contribution in [2.75, 3.05) is 27.2 Å². The van der Waals surface area contributed by atoms with Crippen molar-refractivity contribution in [2.45, 2.75) is 57.0 Å². The Bertz CT molecular complexity index is 261. The van der Waals surface area contributed by atoms with Crippen molar-refractivity contribution in [3.05, 3.63) is 0 Å². The van der Waals surface area contributed by atoms with Gasteiger partial charge in [-0.25, -0.2) is 0 Å². The van der Waals surface area contributed by atoms with Crippen LogP contribution in [0.2, 0.25) is 0 Å². The van der Waals surface area contributed by atoms with E-state index >= 15 is 0 Å². The van der Waals surface area contributed by atoms with Crippen molar-refractivity contribution in [3.63, 3.8) is 0 Å². The number of hydrogen-bond donors (Lipinski definition) is 2. The number of aliphatic hydroxyl groups is 1. The second kappa shape index (κ2) is 5.89. The number of hydrogen-bond acceptors (Lipinski definition) is 3. The van der Waals surface area contributed by atoms with Crippen LogP contribution in [-0.4, -0.2) is 48.8 Å². The summed E-state index contributed by atoms with van der Waals surface area (Å²) in [7, 11) is 4.25. The molecule has 3 heteroatoms. The molecule has 0 heterocycles. The standard InChI is InChI=1S/C15H30N2O/c1-12-5-4-6-14(9-12)17(3)10-15(11-18,16-2)13-7-8-13/h12-14,16,18H,4-11H2,1-3H3. The molecular formula is C15H30N2O. The van der Waals surface area contributed by atoms with Crippen LogP contribution in [0, 0.1) is 11.8 Å². The lowest BCUT2D eigenvalue weighted by atomic mass is 9.85. The van der Waals surface area contributed by atoms with Gasteiger partial charge in [0.15, 0.2) is 0 Å². The van der Waals surface area contributed by atoms with Gasteiger partial charge in [0, 0.05) is 12.6 Å². The molecular weight excluding hydrogens is 224 g/mol. The smallest absolute Gasteiger partial charge is 0.0628 e. The van der Waals surface area contributed by atoms with E-state index in [0.717, 1.165) is 12.5 Å². The van der Waals surface area contributed by atoms with E-state index in [2.05, 4.69) is 24.2 Å². The largest absolute Gasteiger partial charge is 0.394 e. The SMILES string of the molecule is CNC(CO)(CN(C)C1CCCC(C)C1)C1CC1. The summed E-state index contributed by atoms with van der Waals surface area (Å²) in [5, 5.41) is 13.2. The summed E-state index contributed by atoms with van der Waals surface area (Å²) in [6.07, 6.45) is 7.96. The van der Waals surface area contributed by atoms with Crippen LogP contribution in [0.1, 0.15) is 45.4 Å². The lowest BCUT2D eigenvalue weighted by molar-refractivity contribution is 0.0726. The van der Waals surface area contributed by atoms with E-state index in [-0.39, 0.29) is 12.1 Å². The number of aliphatic hydroxyl groups excluding tert-OH is 1. The van der Waals surface area contributed by atoms with Crippen LogP contribution in [0.25, 0.3) is 0 Å². The van der Waals surface area contributed by atoms with Gasteiger partial charge in [0.05, 0.1) is 12.1 Å². The number of likely N-dealkylation sites (N-methyl/N-ethyl adjacent to an activating group) is 2. The third-order valence-corrected chi connectivity index (χ3v) is 5.20. The summed E-state index contributed by atoms with van der Waals surface area (Å²) in [6, 6.07) is 0.715. The number of nitrogens with one attached hydrogen (secondary N) is 1. The molecule has 2 saturated carbocycles. The number of nitrogens with zero attached hydrogens (tertiary/aromatic N) is 1. The Labute approximate surface area is 112 Å². The Morgan fingerprint density at radius 3 is 2.50 bits per heavy atom. The Hall–Kier alpha value is -0.120. The monoisotopic (exact) mass is 254 g/mol. The molecule has 2 rings (SSSR count). The van der Waals surface area contributed by atoms with Crippen molar-refractivity contribution < 1.29 is 5.11 Å². The summed E-state index contributed by atoms with van der Waals surface area (Å²) in [5.74, 6) is 1.54. The maximum atomic E-state index is 9.80. The van der Waals surface area contributed by atoms with Crippen molar-refractivity contribution in [1.29, 1.82) is 0 Å². The van der Waals surface area contributed by atoms with E-state index in [9.17, 15) is 5.11 Å². The third kappa shape index (κ3) is 3.06. The highest BCUT2D eigenvalue weighted by molar-refractivity contribution is 5.02. The van der Waals surface area contributed by atoms with Gasteiger partial charge in [-0.1, -0.05) is 19.8 Å². The average Bonchev–Trinajstić information content (AvgIpc) is 3.20. The van der Waals surface area contributed by atoms with Crippen LogP contribution in [-0.2, 0) is 0 Å². The van der Waals surface area contributed by atoms with Crippen LogP contribution in [0.4, 0.5) is 0 Å². The minimum Gasteiger partial charge on any atom is -0.394 e. The fourth-order valence-corrected chi connectivity index (χ4v) is 3.68. The van der Waals surface area contributed by atoms with Crippen LogP contribution >= 0.6 is 0 Å². The molecule has 106 valence electrons. The molecule has 2 aliphatic carbocycles. The van der Waals surface area contributed by atoms with Gasteiger partial charge in [0.2, 0.25) is 0 Å². The van der Waals surface area contributed by atoms with E-state index in [1.807, 2.05) is 7.05 Å². The van der Waals surface area contributed by atoms with E-state index < -0.39 is 0 Å². The Balaban J connectivity index is 1.93. The van der Waals surface area contributed by atoms with Gasteiger partial charge in [0.25, 0.3) is 0 Å². The molecule has 2 aliphatic rings. The van der Waals surface area contributed by atoms with Gasteiger partial charge in [-0.2, -0.15) is 0 Å². The fourth-order valence-electron chi connectivity index (χ4n) is 3.68. The van der Waals surface area contributed by atoms with E-state index in [1.165, 1.54) is 38.5 Å². The first-order valence-corrected chi connectivity index (χ1v) is 7.61. The molecule has 0 aromatic heterocycles. The molecule has 0 saturated heterocycles. The first-order valence-electron chi connectivity index (χ1n) is 7.61. The topological polar surface area (TPSA) is 35.5 Å². The molecule has 0 radical (unpaired) electrons. The molecule has 3 atom stereocenters. The molecule has 0 bridgehead atoms. The van der Waals surface area contributed by atoms with Gasteiger partial charge in [-0.15, -0.1) is 0 Å². The molecule has 2 fully saturated rings. The van der Waals surface area contributed by atoms with Crippen LogP contribution < -0.4 is 5.32 Å². The lowest BCUT2D eigenvalue weighted by Gasteiger charge is -2.41. The molecule has 0 aromatic rings. The normalized spacial score (nSPS) is 32.5. The average molecular weight is 254 g/mol. The zero-order valence-corrected chi connectivity index (χ0v) is 12.3. The van der Waals surface area contributed by atoms with Crippen molar-refractivity contribution in [3.8, 4) is 0 Å². The molecule has 18 heavy (non-hydrogen) atoms. The highest BCUT2D eigenvalue weighted by Gasteiger charge is 2.45. The van der Waals surface area contributed by atoms with Crippen molar-refractivity contribution in [2.24, 2.45) is 11.8 Å². The predicted octanol–water partition coefficient (Wildman–Crippen LogP) is 1.86. The minimum atomic E-state index is -0.0601. The first kappa shape index (κ1) is 14.3. The van der Waals surface area contributed by atoms with Crippen molar-refractivity contribution >= 4 is 0 Å². The zero-order chi connectivity index (χ0) is 13.2. The molecule has 0 spiro atoms. The van der Waals surface area contributed by atoms with Gasteiger partial charge >= 0.3 is 0 Å². The lowest BCUT2D eigenvalue weighted by Crippen LogP contribution is -2.57. The minimum absolute atomic E-state index is 0.0601. The maximum Gasteiger partial charge on any atom is 0.0628 e. The Kier molecular flexibility index (Phi) is 4.68. The highest BCUT2D eigenvalue weighted by atomic mass is 16.3. The first-order chi connectivity index (χ1) is 8.61. The van der Waals surface area contributed by atoms with Crippen LogP contribution in [0.3, 0.4) is 0 Å². The zero-order valence-electron chi connectivity index (χ0n) is 12.3. The summed E-state index contributed by atoms with van der Waals surface area (Å²) in [6.45, 7) is 3.63. The molecule has 3 unspecified atom stereocenters. The van der Waals surface area contributed by atoms with Gasteiger partial charge in [0.1, 0.15) is 0 Å². The molecule has 3 nitrogen and oxygen atoms in total. The number of rotatable bonds is 6. The van der Waals surface area contributed by atoms with Gasteiger partial charge < -0.3 is 15.3 Å².